The summed E-state index contributed by atoms with van der Waals surface area (Å²) in [6, 6.07) is 39.8. The summed E-state index contributed by atoms with van der Waals surface area (Å²) >= 11 is 0. The average Bonchev–Trinajstić information content (AvgIpc) is 3.68. The van der Waals surface area contributed by atoms with Gasteiger partial charge in [-0.2, -0.15) is 10.5 Å². The molecule has 0 radical (unpaired) electrons. The molecule has 0 bridgehead atoms. The molecule has 4 aromatic carbocycles. The summed E-state index contributed by atoms with van der Waals surface area (Å²) in [4.78, 5) is 0. The number of hydrogen-bond donors (Lipinski definition) is 0. The number of benzene rings is 4. The normalized spacial score (nSPS) is 16.8. The zero-order valence-electron chi connectivity index (χ0n) is 26.5. The van der Waals surface area contributed by atoms with Crippen LogP contribution in [0.5, 0.6) is 0 Å². The van der Waals surface area contributed by atoms with Gasteiger partial charge in [-0.25, -0.2) is 0 Å². The topological polar surface area (TPSA) is 57.4 Å². The molecule has 3 aliphatic rings. The van der Waals surface area contributed by atoms with Crippen molar-refractivity contribution in [3.8, 4) is 29.0 Å². The molecule has 0 N–H and O–H groups in total. The minimum atomic E-state index is -0.241. The molecule has 1 unspecified atom stereocenters. The number of nitriles is 2. The first-order chi connectivity index (χ1) is 23.7. The van der Waals surface area contributed by atoms with Gasteiger partial charge in [0.25, 0.3) is 0 Å². The van der Waals surface area contributed by atoms with E-state index in [-0.39, 0.29) is 5.92 Å². The number of allylic oxidation sites excluding steroid dienone is 7. The van der Waals surface area contributed by atoms with Crippen molar-refractivity contribution in [1.29, 1.82) is 10.5 Å². The van der Waals surface area contributed by atoms with Crippen LogP contribution in [0.25, 0.3) is 61.5 Å². The van der Waals surface area contributed by atoms with Gasteiger partial charge in [-0.3, -0.25) is 0 Å². The molecule has 0 spiro atoms. The highest BCUT2D eigenvalue weighted by Gasteiger charge is 2.28. The van der Waals surface area contributed by atoms with Gasteiger partial charge in [0.15, 0.2) is 0 Å². The highest BCUT2D eigenvalue weighted by Crippen LogP contribution is 2.43. The van der Waals surface area contributed by atoms with E-state index in [9.17, 15) is 10.5 Å². The predicted molar refractivity (Wildman–Crippen MR) is 196 cm³/mol. The van der Waals surface area contributed by atoms with E-state index in [1.165, 1.54) is 33.1 Å². The maximum absolute atomic E-state index is 10.2. The summed E-state index contributed by atoms with van der Waals surface area (Å²) in [6.45, 7) is 0. The van der Waals surface area contributed by atoms with Crippen LogP contribution in [0.1, 0.15) is 47.3 Å². The lowest BCUT2D eigenvalue weighted by Crippen LogP contribution is -2.12. The zero-order valence-corrected chi connectivity index (χ0v) is 26.5. The molecule has 0 amide bonds. The minimum Gasteiger partial charge on any atom is -0.311 e. The van der Waals surface area contributed by atoms with Crippen molar-refractivity contribution in [1.82, 2.24) is 9.13 Å². The molecule has 4 heteroatoms. The third-order valence-corrected chi connectivity index (χ3v) is 10.2. The number of aromatic nitrogens is 2. The van der Waals surface area contributed by atoms with Crippen LogP contribution in [0, 0.1) is 28.6 Å². The average molecular weight is 617 g/mol. The molecule has 1 atom stereocenters. The number of hydrogen-bond acceptors (Lipinski definition) is 2. The molecule has 3 aliphatic carbocycles. The Bertz CT molecular complexity index is 2510. The lowest BCUT2D eigenvalue weighted by atomic mass is 9.89. The lowest BCUT2D eigenvalue weighted by Gasteiger charge is -2.24. The van der Waals surface area contributed by atoms with Crippen LogP contribution < -0.4 is 0 Å². The number of rotatable bonds is 4. The van der Waals surface area contributed by atoms with E-state index in [0.717, 1.165) is 70.5 Å². The Kier molecular flexibility index (Phi) is 6.63. The minimum absolute atomic E-state index is 0.241. The molecule has 0 saturated carbocycles. The van der Waals surface area contributed by atoms with Crippen molar-refractivity contribution in [3.63, 3.8) is 0 Å². The second-order valence-electron chi connectivity index (χ2n) is 12.9. The quantitative estimate of drug-likeness (QED) is 0.198. The van der Waals surface area contributed by atoms with Gasteiger partial charge >= 0.3 is 0 Å². The molecule has 2 aromatic heterocycles. The Balaban J connectivity index is 1.21. The second-order valence-corrected chi connectivity index (χ2v) is 12.9. The van der Waals surface area contributed by atoms with E-state index in [2.05, 4.69) is 143 Å². The van der Waals surface area contributed by atoms with Crippen molar-refractivity contribution < 1.29 is 0 Å². The Labute approximate surface area is 280 Å². The molecule has 0 saturated heterocycles. The Morgan fingerprint density at radius 3 is 2.19 bits per heavy atom. The SMILES string of the molecule is N#CC1=CCCc2c1n(C1=C(c3cccc(-c4cccc(-n5c6c(c7ccccc75)CCC=C6)c4)c3)C=CC(C#N)C1)c1ccccc21. The first-order valence-corrected chi connectivity index (χ1v) is 16.8. The Morgan fingerprint density at radius 1 is 0.667 bits per heavy atom. The number of aryl methyl sites for hydroxylation is 2. The molecular weight excluding hydrogens is 585 g/mol. The first-order valence-electron chi connectivity index (χ1n) is 16.8. The maximum Gasteiger partial charge on any atom is 0.101 e. The summed E-state index contributed by atoms with van der Waals surface area (Å²) in [6.07, 6.45) is 15.2. The van der Waals surface area contributed by atoms with Crippen molar-refractivity contribution >= 4 is 44.7 Å². The molecule has 228 valence electrons. The van der Waals surface area contributed by atoms with Crippen LogP contribution in [-0.2, 0) is 12.8 Å². The van der Waals surface area contributed by atoms with Gasteiger partial charge in [0.05, 0.1) is 34.3 Å². The van der Waals surface area contributed by atoms with Crippen LogP contribution in [-0.4, -0.2) is 9.13 Å². The summed E-state index contributed by atoms with van der Waals surface area (Å²) in [7, 11) is 0. The largest absolute Gasteiger partial charge is 0.311 e. The Morgan fingerprint density at radius 2 is 1.38 bits per heavy atom. The second kappa shape index (κ2) is 11.3. The third kappa shape index (κ3) is 4.34. The molecule has 9 rings (SSSR count). The van der Waals surface area contributed by atoms with E-state index in [1.807, 2.05) is 6.08 Å². The zero-order chi connectivity index (χ0) is 32.2. The molecule has 4 nitrogen and oxygen atoms in total. The van der Waals surface area contributed by atoms with Gasteiger partial charge < -0.3 is 9.13 Å². The van der Waals surface area contributed by atoms with Crippen LogP contribution in [0.3, 0.4) is 0 Å². The number of fused-ring (bicyclic) bond motifs is 6. The lowest BCUT2D eigenvalue weighted by molar-refractivity contribution is 0.814. The molecule has 6 aromatic rings. The summed E-state index contributed by atoms with van der Waals surface area (Å²) in [5, 5.41) is 22.8. The summed E-state index contributed by atoms with van der Waals surface area (Å²) < 4.78 is 4.68. The van der Waals surface area contributed by atoms with E-state index in [1.54, 1.807) is 0 Å². The highest BCUT2D eigenvalue weighted by atomic mass is 15.0. The number of nitrogens with zero attached hydrogens (tertiary/aromatic N) is 4. The van der Waals surface area contributed by atoms with Gasteiger partial charge in [-0.15, -0.1) is 0 Å². The fourth-order valence-electron chi connectivity index (χ4n) is 8.09. The fraction of sp³-hybridized carbons (Fsp3) is 0.136. The van der Waals surface area contributed by atoms with Crippen LogP contribution >= 0.6 is 0 Å². The van der Waals surface area contributed by atoms with Gasteiger partial charge in [0.1, 0.15) is 6.07 Å². The van der Waals surface area contributed by atoms with Crippen LogP contribution in [0.2, 0.25) is 0 Å². The highest BCUT2D eigenvalue weighted by molar-refractivity contribution is 6.01. The van der Waals surface area contributed by atoms with Gasteiger partial charge in [0.2, 0.25) is 0 Å². The standard InChI is InChI=1S/C44H32N4/c45-27-29-22-23-35(43(24-29)48-42-21-6-3-17-38(42)39-18-9-13-33(28-46)44(39)48)32-12-7-10-30(25-32)31-11-8-14-34(26-31)47-40-19-4-1-15-36(40)37-16-2-5-20-41(37)47/h1,3-8,10-15,17,19-23,25-26,29H,2,9,16,18,24H2. The first kappa shape index (κ1) is 28.1. The fourth-order valence-corrected chi connectivity index (χ4v) is 8.09. The van der Waals surface area contributed by atoms with E-state index >= 15 is 0 Å². The maximum atomic E-state index is 10.2. The van der Waals surface area contributed by atoms with Gasteiger partial charge in [-0.1, -0.05) is 91.0 Å². The summed E-state index contributed by atoms with van der Waals surface area (Å²) in [5.74, 6) is -0.241. The van der Waals surface area contributed by atoms with E-state index < -0.39 is 0 Å². The molecule has 0 fully saturated rings. The third-order valence-electron chi connectivity index (χ3n) is 10.2. The number of para-hydroxylation sites is 2. The van der Waals surface area contributed by atoms with Crippen molar-refractivity contribution in [2.75, 3.05) is 0 Å². The van der Waals surface area contributed by atoms with Crippen LogP contribution in [0.4, 0.5) is 0 Å². The summed E-state index contributed by atoms with van der Waals surface area (Å²) in [5.41, 5.74) is 14.6. The molecule has 48 heavy (non-hydrogen) atoms. The van der Waals surface area contributed by atoms with Crippen LogP contribution in [0.15, 0.2) is 121 Å². The molecular formula is C44H32N4. The smallest absolute Gasteiger partial charge is 0.101 e. The van der Waals surface area contributed by atoms with Crippen molar-refractivity contribution in [2.24, 2.45) is 5.92 Å². The van der Waals surface area contributed by atoms with E-state index in [0.29, 0.717) is 12.0 Å². The predicted octanol–water partition coefficient (Wildman–Crippen LogP) is 10.5. The monoisotopic (exact) mass is 616 g/mol. The van der Waals surface area contributed by atoms with Gasteiger partial charge in [-0.05, 0) is 89.9 Å². The Hall–Kier alpha value is -6.10. The van der Waals surface area contributed by atoms with Gasteiger partial charge in [0, 0.05) is 39.8 Å². The van der Waals surface area contributed by atoms with E-state index in [4.69, 9.17) is 0 Å². The van der Waals surface area contributed by atoms with Crippen molar-refractivity contribution in [3.05, 3.63) is 149 Å². The molecule has 0 aliphatic heterocycles. The molecule has 2 heterocycles. The van der Waals surface area contributed by atoms with Crippen molar-refractivity contribution in [2.45, 2.75) is 32.1 Å².